The first-order valence-corrected chi connectivity index (χ1v) is 31.0. The van der Waals surface area contributed by atoms with E-state index in [1.165, 1.54) is 15.7 Å². The summed E-state index contributed by atoms with van der Waals surface area (Å²) in [5.74, 6) is 1.44. The predicted octanol–water partition coefficient (Wildman–Crippen LogP) is 12.1. The van der Waals surface area contributed by atoms with E-state index in [-0.39, 0.29) is 88.5 Å². The van der Waals surface area contributed by atoms with Crippen LogP contribution in [0.15, 0.2) is 107 Å². The zero-order valence-corrected chi connectivity index (χ0v) is 47.2. The fourth-order valence-corrected chi connectivity index (χ4v) is 17.8. The third-order valence-corrected chi connectivity index (χ3v) is 22.9. The molecule has 12 rings (SSSR count). The maximum Gasteiger partial charge on any atom is 0.306 e. The lowest BCUT2D eigenvalue weighted by atomic mass is 9.43. The number of methoxy groups -OCH3 is 1. The van der Waals surface area contributed by atoms with Crippen LogP contribution in [0.25, 0.3) is 0 Å². The minimum Gasteiger partial charge on any atom is -0.469 e. The number of rotatable bonds is 8. The van der Waals surface area contributed by atoms with Crippen LogP contribution in [0.1, 0.15) is 139 Å². The number of hydrogen-bond acceptors (Lipinski definition) is 10. The highest BCUT2D eigenvalue weighted by Crippen LogP contribution is 2.69. The van der Waals surface area contributed by atoms with E-state index in [0.717, 1.165) is 80.0 Å². The second kappa shape index (κ2) is 23.0. The average molecular weight is 1080 g/mol. The molecule has 4 aromatic carbocycles. The lowest BCUT2D eigenvalue weighted by molar-refractivity contribution is -0.199. The summed E-state index contributed by atoms with van der Waals surface area (Å²) in [5, 5.41) is 0. The van der Waals surface area contributed by atoms with E-state index >= 15 is 0 Å². The van der Waals surface area contributed by atoms with Gasteiger partial charge in [-0.2, -0.15) is 0 Å². The Balaban J connectivity index is 1.01. The molecule has 4 fully saturated rings. The van der Waals surface area contributed by atoms with Gasteiger partial charge in [-0.1, -0.05) is 80.4 Å². The summed E-state index contributed by atoms with van der Waals surface area (Å²) >= 11 is 0. The largest absolute Gasteiger partial charge is 0.469 e. The van der Waals surface area contributed by atoms with Crippen molar-refractivity contribution in [1.29, 1.82) is 0 Å². The molecule has 8 aliphatic rings. The Labute approximate surface area is 452 Å². The van der Waals surface area contributed by atoms with Crippen molar-refractivity contribution in [1.82, 2.24) is 0 Å². The van der Waals surface area contributed by atoms with Crippen molar-refractivity contribution in [2.45, 2.75) is 166 Å². The molecule has 12 nitrogen and oxygen atoms in total. The number of hydrogen-bond donors (Lipinski definition) is 0. The maximum atomic E-state index is 14.5. The van der Waals surface area contributed by atoms with Gasteiger partial charge in [-0.3, -0.25) is 23.0 Å². The lowest BCUT2D eigenvalue weighted by Gasteiger charge is -2.62. The zero-order chi connectivity index (χ0) is 54.0. The molecule has 410 valence electrons. The number of aryl methyl sites for hydroxylation is 4. The average Bonchev–Trinajstić information content (AvgIpc) is 3.94. The highest BCUT2D eigenvalue weighted by molar-refractivity contribution is 7.93. The zero-order valence-electron chi connectivity index (χ0n) is 45.6. The summed E-state index contributed by atoms with van der Waals surface area (Å²) in [6.07, 6.45) is 10.9. The van der Waals surface area contributed by atoms with Gasteiger partial charge in [0, 0.05) is 37.8 Å². The summed E-state index contributed by atoms with van der Waals surface area (Å²) in [7, 11) is -6.53. The summed E-state index contributed by atoms with van der Waals surface area (Å²) in [5.41, 5.74) is 4.43. The first kappa shape index (κ1) is 55.5. The maximum absolute atomic E-state index is 14.5. The predicted molar refractivity (Wildman–Crippen MR) is 296 cm³/mol. The van der Waals surface area contributed by atoms with E-state index < -0.39 is 20.0 Å². The van der Waals surface area contributed by atoms with E-state index in [1.807, 2.05) is 50.2 Å². The molecular formula is C62H80N2O10S2. The quantitative estimate of drug-likeness (QED) is 0.123. The van der Waals surface area contributed by atoms with Crippen molar-refractivity contribution in [2.75, 3.05) is 28.8 Å². The molecule has 4 aliphatic carbocycles. The van der Waals surface area contributed by atoms with Crippen LogP contribution in [0.4, 0.5) is 11.4 Å². The molecule has 14 heteroatoms. The van der Waals surface area contributed by atoms with Crippen molar-refractivity contribution in [3.8, 4) is 0 Å². The Bertz CT molecular complexity index is 2910. The van der Waals surface area contributed by atoms with Gasteiger partial charge in [-0.25, -0.2) is 16.8 Å². The van der Waals surface area contributed by atoms with Gasteiger partial charge in [0.05, 0.1) is 28.3 Å². The molecule has 0 radical (unpaired) electrons. The van der Waals surface area contributed by atoms with Crippen LogP contribution in [0, 0.1) is 60.2 Å². The fraction of sp³-hybridized carbons (Fsp3) is 0.565. The van der Waals surface area contributed by atoms with Gasteiger partial charge in [0.15, 0.2) is 0 Å². The molecule has 9 bridgehead atoms. The molecular weight excluding hydrogens is 997 g/mol. The summed E-state index contributed by atoms with van der Waals surface area (Å²) < 4.78 is 78.7. The monoisotopic (exact) mass is 1080 g/mol. The van der Waals surface area contributed by atoms with Crippen LogP contribution in [-0.2, 0) is 61.5 Å². The Hall–Kier alpha value is -5.21. The van der Waals surface area contributed by atoms with E-state index in [0.29, 0.717) is 73.6 Å². The molecule has 0 N–H and O–H groups in total. The second-order valence-corrected chi connectivity index (χ2v) is 27.3. The minimum absolute atomic E-state index is 0.00199. The van der Waals surface area contributed by atoms with Gasteiger partial charge in [-0.15, -0.1) is 0 Å². The Morgan fingerprint density at radius 1 is 0.645 bits per heavy atom. The second-order valence-electron chi connectivity index (χ2n) is 23.6. The molecule has 0 amide bonds. The van der Waals surface area contributed by atoms with Gasteiger partial charge in [0.1, 0.15) is 12.2 Å². The SMILES string of the molecule is COC(=O)CC[C@@H](C)[C@H]1CC[C@H]2[C@@H]3CC[C@@H]4C[C@H]5CC[C@]4(C)[C@H]3C[C@H](OC(=O)CCc3ccc(cc3)N(S(=O)(=O)c3ccc(C)cc3)CCCCCN(S(=O)(=O)c3ccc(C)cc3)c3ccc(cc3)CCC(=O)O5)[C@]12C. The van der Waals surface area contributed by atoms with Gasteiger partial charge < -0.3 is 14.2 Å². The number of ether oxygens (including phenoxy) is 3. The van der Waals surface area contributed by atoms with Crippen molar-refractivity contribution >= 4 is 49.3 Å². The van der Waals surface area contributed by atoms with Crippen molar-refractivity contribution < 1.29 is 45.4 Å². The van der Waals surface area contributed by atoms with Crippen molar-refractivity contribution in [3.63, 3.8) is 0 Å². The molecule has 10 atom stereocenters. The van der Waals surface area contributed by atoms with Gasteiger partial charge in [0.25, 0.3) is 20.0 Å². The molecule has 4 aromatic rings. The minimum atomic E-state index is -4.00. The van der Waals surface area contributed by atoms with Gasteiger partial charge in [0.2, 0.25) is 0 Å². The third-order valence-electron chi connectivity index (χ3n) is 19.2. The Kier molecular flexibility index (Phi) is 16.8. The summed E-state index contributed by atoms with van der Waals surface area (Å²) in [6.45, 7) is 11.2. The van der Waals surface area contributed by atoms with Crippen LogP contribution < -0.4 is 8.61 Å². The van der Waals surface area contributed by atoms with Crippen LogP contribution >= 0.6 is 0 Å². The van der Waals surface area contributed by atoms with Crippen molar-refractivity contribution in [2.24, 2.45) is 46.3 Å². The number of esters is 3. The topological polar surface area (TPSA) is 154 Å². The first-order valence-electron chi connectivity index (χ1n) is 28.1. The number of anilines is 2. The van der Waals surface area contributed by atoms with Gasteiger partial charge in [-0.05, 0) is 204 Å². The van der Waals surface area contributed by atoms with Crippen LogP contribution in [0.3, 0.4) is 0 Å². The van der Waals surface area contributed by atoms with Gasteiger partial charge >= 0.3 is 17.9 Å². The van der Waals surface area contributed by atoms with Crippen LogP contribution in [-0.4, -0.2) is 67.2 Å². The molecule has 76 heavy (non-hydrogen) atoms. The molecule has 0 unspecified atom stereocenters. The smallest absolute Gasteiger partial charge is 0.306 e. The van der Waals surface area contributed by atoms with E-state index in [2.05, 4.69) is 20.8 Å². The van der Waals surface area contributed by atoms with E-state index in [9.17, 15) is 31.2 Å². The van der Waals surface area contributed by atoms with Crippen molar-refractivity contribution in [3.05, 3.63) is 119 Å². The lowest BCUT2D eigenvalue weighted by Crippen LogP contribution is -2.59. The first-order chi connectivity index (χ1) is 36.3. The third kappa shape index (κ3) is 11.5. The van der Waals surface area contributed by atoms with Crippen LogP contribution in [0.2, 0.25) is 0 Å². The fourth-order valence-electron chi connectivity index (χ4n) is 14.8. The molecule has 4 saturated carbocycles. The van der Waals surface area contributed by atoms with E-state index in [4.69, 9.17) is 14.2 Å². The highest BCUT2D eigenvalue weighted by Gasteiger charge is 2.65. The number of benzene rings is 4. The molecule has 4 aliphatic heterocycles. The highest BCUT2D eigenvalue weighted by atomic mass is 32.2. The van der Waals surface area contributed by atoms with E-state index in [1.54, 1.807) is 60.7 Å². The molecule has 4 heterocycles. The summed E-state index contributed by atoms with van der Waals surface area (Å²) in [4.78, 5) is 40.6. The summed E-state index contributed by atoms with van der Waals surface area (Å²) in [6, 6.07) is 28.4. The normalized spacial score (nSPS) is 29.3. The number of carbonyl (C=O) groups excluding carboxylic acids is 3. The molecule has 0 spiro atoms. The number of sulfonamides is 2. The molecule has 0 saturated heterocycles. The number of carbonyl (C=O) groups is 3. The Morgan fingerprint density at radius 2 is 1.17 bits per heavy atom. The number of fused-ring (bicyclic) bond motifs is 4. The number of nitrogens with zero attached hydrogens (tertiary/aromatic N) is 2. The molecule has 0 aromatic heterocycles. The Morgan fingerprint density at radius 3 is 1.70 bits per heavy atom. The standard InChI is InChI=1S/C62H80N2O10S2/c1-42-10-26-51(27-11-42)75(68,69)63-38-8-7-9-39-64(76(70,71)52-28-12-43(2)13-29-52)49-24-17-46(18-25-49)20-35-60(67)74-57-41-56-53(55-32-31-54(62(55,57)5)44(3)14-33-58(65)72-6)30-21-47-40-50(36-37-61(47,56)4)73-59(66)34-19-45-15-22-48(63)23-16-45/h10-13,15-18,22-29,44,47,50,53-57H,7-9,14,19-21,30-41H2,1-6H3/t44-,47-,50-,53+,54-,55+,56+,57+,61+,62-/m1/s1. The van der Waals surface area contributed by atoms with Crippen LogP contribution in [0.5, 0.6) is 0 Å².